The molecule has 0 N–H and O–H groups in total. The third kappa shape index (κ3) is 3.31. The summed E-state index contributed by atoms with van der Waals surface area (Å²) in [5.74, 6) is -3.08. The lowest BCUT2D eigenvalue weighted by Crippen LogP contribution is -2.45. The summed E-state index contributed by atoms with van der Waals surface area (Å²) in [5.41, 5.74) is 0. The zero-order valence-electron chi connectivity index (χ0n) is 9.70. The topological polar surface area (TPSA) is 49.9 Å². The van der Waals surface area contributed by atoms with E-state index in [1.807, 2.05) is 0 Å². The monoisotopic (exact) mass is 272 g/mol. The molecule has 1 rings (SSSR count). The molecule has 0 aliphatic carbocycles. The third-order valence-electron chi connectivity index (χ3n) is 2.36. The molecule has 0 aromatic heterocycles. The Morgan fingerprint density at radius 1 is 1.33 bits per heavy atom. The van der Waals surface area contributed by atoms with Crippen LogP contribution in [0, 0.1) is 0 Å². The number of likely N-dealkylation sites (N-methyl/N-ethyl adjacent to an activating group) is 1. The van der Waals surface area contributed by atoms with Crippen molar-refractivity contribution in [3.05, 3.63) is 0 Å². The number of hydrogen-bond acceptors (Lipinski definition) is 4. The van der Waals surface area contributed by atoms with Crippen LogP contribution < -0.4 is 0 Å². The highest BCUT2D eigenvalue weighted by molar-refractivity contribution is 5.82. The summed E-state index contributed by atoms with van der Waals surface area (Å²) in [7, 11) is 2.75. The van der Waals surface area contributed by atoms with Gasteiger partial charge in [-0.25, -0.2) is 9.18 Å². The fourth-order valence-electron chi connectivity index (χ4n) is 1.54. The van der Waals surface area contributed by atoms with Crippen molar-refractivity contribution >= 4 is 11.9 Å². The van der Waals surface area contributed by atoms with Gasteiger partial charge < -0.3 is 9.74 Å². The van der Waals surface area contributed by atoms with Gasteiger partial charge in [-0.1, -0.05) is 0 Å². The van der Waals surface area contributed by atoms with E-state index in [1.165, 1.54) is 14.1 Å². The number of halogens is 4. The van der Waals surface area contributed by atoms with Gasteiger partial charge >= 0.3 is 12.1 Å². The van der Waals surface area contributed by atoms with E-state index in [4.69, 9.17) is 0 Å². The van der Waals surface area contributed by atoms with E-state index in [1.54, 1.807) is 0 Å². The molecular weight excluding hydrogens is 260 g/mol. The number of nitrogens with zero attached hydrogens (tertiary/aromatic N) is 2. The number of rotatable bonds is 2. The van der Waals surface area contributed by atoms with Crippen LogP contribution in [0.4, 0.5) is 17.6 Å². The standard InChI is InChI=1S/C9H12F4N2O3/c1-14(2)7(16)6-3-5(10)4-15(6)18-8(17)9(11,12)13/h5-6H,3-4H2,1-2H3/t5-,6+/m1/s1. The van der Waals surface area contributed by atoms with Crippen molar-refractivity contribution in [3.63, 3.8) is 0 Å². The minimum Gasteiger partial charge on any atom is -0.360 e. The molecule has 0 radical (unpaired) electrons. The molecule has 0 aromatic carbocycles. The average Bonchev–Trinajstić information content (AvgIpc) is 2.56. The van der Waals surface area contributed by atoms with Crippen LogP contribution in [0.15, 0.2) is 0 Å². The molecule has 5 nitrogen and oxygen atoms in total. The highest BCUT2D eigenvalue weighted by atomic mass is 19.4. The molecular formula is C9H12F4N2O3. The van der Waals surface area contributed by atoms with Crippen molar-refractivity contribution in [3.8, 4) is 0 Å². The molecule has 0 aromatic rings. The van der Waals surface area contributed by atoms with Gasteiger partial charge in [0.2, 0.25) is 5.91 Å². The predicted molar refractivity (Wildman–Crippen MR) is 50.8 cm³/mol. The number of carbonyl (C=O) groups is 2. The minimum atomic E-state index is -5.18. The fraction of sp³-hybridized carbons (Fsp3) is 0.778. The number of amides is 1. The van der Waals surface area contributed by atoms with Crippen LogP contribution in [-0.4, -0.2) is 60.9 Å². The van der Waals surface area contributed by atoms with E-state index in [0.29, 0.717) is 5.06 Å². The lowest BCUT2D eigenvalue weighted by molar-refractivity contribution is -0.241. The van der Waals surface area contributed by atoms with Gasteiger partial charge in [-0.15, -0.1) is 5.06 Å². The number of hydroxylamine groups is 2. The average molecular weight is 272 g/mol. The van der Waals surface area contributed by atoms with E-state index in [-0.39, 0.29) is 6.42 Å². The second-order valence-corrected chi connectivity index (χ2v) is 4.06. The Hall–Kier alpha value is -1.38. The first-order chi connectivity index (χ1) is 8.12. The number of carbonyl (C=O) groups excluding carboxylic acids is 2. The quantitative estimate of drug-likeness (QED) is 0.687. The molecule has 2 atom stereocenters. The molecule has 1 saturated heterocycles. The Balaban J connectivity index is 2.74. The van der Waals surface area contributed by atoms with E-state index in [9.17, 15) is 27.2 Å². The molecule has 1 aliphatic rings. The maximum absolute atomic E-state index is 13.1. The molecule has 104 valence electrons. The summed E-state index contributed by atoms with van der Waals surface area (Å²) in [5, 5.41) is 0.447. The zero-order chi connectivity index (χ0) is 14.1. The first-order valence-corrected chi connectivity index (χ1v) is 5.04. The second-order valence-electron chi connectivity index (χ2n) is 4.06. The summed E-state index contributed by atoms with van der Waals surface area (Å²) in [6.45, 7) is -0.550. The molecule has 1 aliphatic heterocycles. The lowest BCUT2D eigenvalue weighted by atomic mass is 10.2. The smallest absolute Gasteiger partial charge is 0.360 e. The van der Waals surface area contributed by atoms with Gasteiger partial charge in [-0.05, 0) is 0 Å². The van der Waals surface area contributed by atoms with Crippen LogP contribution in [0.5, 0.6) is 0 Å². The first-order valence-electron chi connectivity index (χ1n) is 5.04. The van der Waals surface area contributed by atoms with Crippen LogP contribution in [-0.2, 0) is 14.4 Å². The molecule has 1 fully saturated rings. The van der Waals surface area contributed by atoms with Crippen LogP contribution in [0.25, 0.3) is 0 Å². The van der Waals surface area contributed by atoms with Gasteiger partial charge in [0.25, 0.3) is 0 Å². The summed E-state index contributed by atoms with van der Waals surface area (Å²) in [6, 6.07) is -1.22. The van der Waals surface area contributed by atoms with Crippen molar-refractivity contribution in [1.82, 2.24) is 9.96 Å². The molecule has 1 amide bonds. The van der Waals surface area contributed by atoms with E-state index < -0.39 is 36.8 Å². The molecule has 0 bridgehead atoms. The van der Waals surface area contributed by atoms with Crippen molar-refractivity contribution in [2.45, 2.75) is 24.8 Å². The van der Waals surface area contributed by atoms with E-state index in [0.717, 1.165) is 4.90 Å². The maximum atomic E-state index is 13.1. The predicted octanol–water partition coefficient (Wildman–Crippen LogP) is 0.507. The van der Waals surface area contributed by atoms with Gasteiger partial charge in [-0.3, -0.25) is 4.79 Å². The Morgan fingerprint density at radius 3 is 2.33 bits per heavy atom. The van der Waals surface area contributed by atoms with Crippen molar-refractivity contribution in [2.75, 3.05) is 20.6 Å². The van der Waals surface area contributed by atoms with Gasteiger partial charge in [0.1, 0.15) is 12.2 Å². The van der Waals surface area contributed by atoms with Gasteiger partial charge in [0.15, 0.2) is 0 Å². The fourth-order valence-corrected chi connectivity index (χ4v) is 1.54. The number of alkyl halides is 4. The SMILES string of the molecule is CN(C)C(=O)[C@@H]1C[C@@H](F)CN1OC(=O)C(F)(F)F. The number of hydrogen-bond donors (Lipinski definition) is 0. The Bertz CT molecular complexity index is 345. The normalized spacial score (nSPS) is 25.0. The van der Waals surface area contributed by atoms with Gasteiger partial charge in [-0.2, -0.15) is 13.2 Å². The highest BCUT2D eigenvalue weighted by Crippen LogP contribution is 2.25. The summed E-state index contributed by atoms with van der Waals surface area (Å²) in [6.07, 6.45) is -7.00. The summed E-state index contributed by atoms with van der Waals surface area (Å²) < 4.78 is 49.1. The van der Waals surface area contributed by atoms with Gasteiger partial charge in [0, 0.05) is 20.5 Å². The highest BCUT2D eigenvalue weighted by Gasteiger charge is 2.47. The summed E-state index contributed by atoms with van der Waals surface area (Å²) >= 11 is 0. The first kappa shape index (κ1) is 14.7. The van der Waals surface area contributed by atoms with Crippen LogP contribution in [0.2, 0.25) is 0 Å². The van der Waals surface area contributed by atoms with Crippen molar-refractivity contribution in [1.29, 1.82) is 0 Å². The Labute approximate surface area is 100 Å². The maximum Gasteiger partial charge on any atom is 0.492 e. The molecule has 0 spiro atoms. The Kier molecular flexibility index (Phi) is 4.15. The van der Waals surface area contributed by atoms with E-state index in [2.05, 4.69) is 4.84 Å². The van der Waals surface area contributed by atoms with Crippen LogP contribution in [0.1, 0.15) is 6.42 Å². The molecule has 0 saturated carbocycles. The largest absolute Gasteiger partial charge is 0.492 e. The summed E-state index contributed by atoms with van der Waals surface area (Å²) in [4.78, 5) is 27.3. The van der Waals surface area contributed by atoms with Crippen molar-refractivity contribution < 1.29 is 32.0 Å². The van der Waals surface area contributed by atoms with E-state index >= 15 is 0 Å². The molecule has 9 heteroatoms. The minimum absolute atomic E-state index is 0.303. The molecule has 1 heterocycles. The van der Waals surface area contributed by atoms with Gasteiger partial charge in [0.05, 0.1) is 6.54 Å². The molecule has 18 heavy (non-hydrogen) atoms. The third-order valence-corrected chi connectivity index (χ3v) is 2.36. The Morgan fingerprint density at radius 2 is 1.89 bits per heavy atom. The van der Waals surface area contributed by atoms with Crippen LogP contribution >= 0.6 is 0 Å². The lowest BCUT2D eigenvalue weighted by Gasteiger charge is -2.24. The van der Waals surface area contributed by atoms with Crippen molar-refractivity contribution in [2.24, 2.45) is 0 Å². The zero-order valence-corrected chi connectivity index (χ0v) is 9.70. The van der Waals surface area contributed by atoms with Crippen LogP contribution in [0.3, 0.4) is 0 Å². The second kappa shape index (κ2) is 5.09. The molecule has 0 unspecified atom stereocenters.